The summed E-state index contributed by atoms with van der Waals surface area (Å²) in [5.74, 6) is 0.847. The maximum Gasteiger partial charge on any atom is 0.0992 e. The van der Waals surface area contributed by atoms with E-state index in [0.717, 1.165) is 16.1 Å². The number of hydrogen-bond acceptors (Lipinski definition) is 2. The van der Waals surface area contributed by atoms with Gasteiger partial charge in [0.1, 0.15) is 0 Å². The number of nitrogens with one attached hydrogen (secondary N) is 1. The Kier molecular flexibility index (Phi) is 2.97. The van der Waals surface area contributed by atoms with Gasteiger partial charge in [0.15, 0.2) is 0 Å². The van der Waals surface area contributed by atoms with Gasteiger partial charge in [0.25, 0.3) is 0 Å². The van der Waals surface area contributed by atoms with Gasteiger partial charge in [-0.3, -0.25) is 0 Å². The molecule has 0 saturated heterocycles. The van der Waals surface area contributed by atoms with Crippen LogP contribution in [0.3, 0.4) is 0 Å². The summed E-state index contributed by atoms with van der Waals surface area (Å²) in [6, 6.07) is 8.38. The van der Waals surface area contributed by atoms with Crippen molar-refractivity contribution in [2.45, 2.75) is 25.8 Å². The maximum absolute atomic E-state index is 8.74. The maximum atomic E-state index is 8.74. The van der Waals surface area contributed by atoms with Crippen LogP contribution in [0.2, 0.25) is 0 Å². The number of nitrogens with zero attached hydrogens (tertiary/aromatic N) is 1. The number of anilines is 1. The second-order valence-electron chi connectivity index (χ2n) is 4.22. The highest BCUT2D eigenvalue weighted by molar-refractivity contribution is 9.10. The molecular formula is C12H13BrN2. The lowest BCUT2D eigenvalue weighted by Crippen LogP contribution is -2.33. The van der Waals surface area contributed by atoms with Crippen LogP contribution in [0.1, 0.15) is 25.3 Å². The van der Waals surface area contributed by atoms with Crippen molar-refractivity contribution in [3.05, 3.63) is 28.2 Å². The van der Waals surface area contributed by atoms with Gasteiger partial charge in [-0.25, -0.2) is 0 Å². The van der Waals surface area contributed by atoms with Crippen molar-refractivity contribution in [1.29, 1.82) is 5.26 Å². The molecule has 3 heteroatoms. The van der Waals surface area contributed by atoms with E-state index >= 15 is 0 Å². The largest absolute Gasteiger partial charge is 0.381 e. The topological polar surface area (TPSA) is 35.8 Å². The molecule has 1 saturated carbocycles. The molecule has 1 N–H and O–H groups in total. The molecule has 0 atom stereocenters. The summed E-state index contributed by atoms with van der Waals surface area (Å²) in [5.41, 5.74) is 1.78. The van der Waals surface area contributed by atoms with Crippen LogP contribution in [0, 0.1) is 17.2 Å². The summed E-state index contributed by atoms with van der Waals surface area (Å²) in [5, 5.41) is 12.2. The third-order valence-corrected chi connectivity index (χ3v) is 3.49. The lowest BCUT2D eigenvalue weighted by atomic mass is 9.82. The van der Waals surface area contributed by atoms with E-state index in [4.69, 9.17) is 5.26 Å². The Balaban J connectivity index is 2.06. The van der Waals surface area contributed by atoms with Crippen LogP contribution in [0.4, 0.5) is 5.69 Å². The Bertz CT molecular complexity index is 403. The minimum Gasteiger partial charge on any atom is -0.381 e. The Morgan fingerprint density at radius 3 is 2.73 bits per heavy atom. The molecule has 0 spiro atoms. The molecular weight excluding hydrogens is 252 g/mol. The molecule has 1 aliphatic carbocycles. The predicted octanol–water partition coefficient (Wildman–Crippen LogP) is 3.53. The van der Waals surface area contributed by atoms with Crippen molar-refractivity contribution >= 4 is 21.6 Å². The quantitative estimate of drug-likeness (QED) is 0.887. The number of nitriles is 1. The van der Waals surface area contributed by atoms with Gasteiger partial charge in [-0.2, -0.15) is 5.26 Å². The molecule has 0 heterocycles. The minimum absolute atomic E-state index is 0.601. The molecule has 0 amide bonds. The van der Waals surface area contributed by atoms with E-state index in [1.54, 1.807) is 0 Å². The van der Waals surface area contributed by atoms with Gasteiger partial charge in [-0.15, -0.1) is 0 Å². The monoisotopic (exact) mass is 264 g/mol. The molecule has 1 aromatic rings. The lowest BCUT2D eigenvalue weighted by molar-refractivity contribution is 0.309. The zero-order chi connectivity index (χ0) is 10.8. The molecule has 1 fully saturated rings. The second kappa shape index (κ2) is 4.24. The molecule has 2 rings (SSSR count). The highest BCUT2D eigenvalue weighted by Gasteiger charge is 2.25. The van der Waals surface area contributed by atoms with Crippen LogP contribution < -0.4 is 5.32 Å². The van der Waals surface area contributed by atoms with Crippen LogP contribution >= 0.6 is 15.9 Å². The van der Waals surface area contributed by atoms with E-state index in [0.29, 0.717) is 11.6 Å². The highest BCUT2D eigenvalue weighted by atomic mass is 79.9. The predicted molar refractivity (Wildman–Crippen MR) is 64.7 cm³/mol. The van der Waals surface area contributed by atoms with Crippen LogP contribution in [0.15, 0.2) is 22.7 Å². The second-order valence-corrected chi connectivity index (χ2v) is 5.08. The SMILES string of the molecule is CC1CC(Nc2ccc(C#N)cc2Br)C1. The fourth-order valence-electron chi connectivity index (χ4n) is 1.94. The fraction of sp³-hybridized carbons (Fsp3) is 0.417. The summed E-state index contributed by atoms with van der Waals surface area (Å²) in [4.78, 5) is 0. The van der Waals surface area contributed by atoms with Crippen molar-refractivity contribution in [3.63, 3.8) is 0 Å². The molecule has 2 nitrogen and oxygen atoms in total. The first kappa shape index (κ1) is 10.5. The van der Waals surface area contributed by atoms with Crippen LogP contribution in [0.5, 0.6) is 0 Å². The van der Waals surface area contributed by atoms with E-state index in [9.17, 15) is 0 Å². The van der Waals surface area contributed by atoms with Crippen molar-refractivity contribution in [2.75, 3.05) is 5.32 Å². The van der Waals surface area contributed by atoms with Crippen LogP contribution in [-0.2, 0) is 0 Å². The normalized spacial score (nSPS) is 24.1. The highest BCUT2D eigenvalue weighted by Crippen LogP contribution is 2.32. The zero-order valence-electron chi connectivity index (χ0n) is 8.63. The molecule has 0 bridgehead atoms. The van der Waals surface area contributed by atoms with Gasteiger partial charge in [-0.1, -0.05) is 6.92 Å². The van der Waals surface area contributed by atoms with Crippen molar-refractivity contribution in [2.24, 2.45) is 5.92 Å². The van der Waals surface area contributed by atoms with Crippen molar-refractivity contribution in [3.8, 4) is 6.07 Å². The number of hydrogen-bond donors (Lipinski definition) is 1. The lowest BCUT2D eigenvalue weighted by Gasteiger charge is -2.34. The van der Waals surface area contributed by atoms with Gasteiger partial charge in [0, 0.05) is 16.2 Å². The Morgan fingerprint density at radius 2 is 2.20 bits per heavy atom. The summed E-state index contributed by atoms with van der Waals surface area (Å²) in [6.45, 7) is 2.27. The molecule has 15 heavy (non-hydrogen) atoms. The van der Waals surface area contributed by atoms with E-state index in [-0.39, 0.29) is 0 Å². The van der Waals surface area contributed by atoms with Gasteiger partial charge in [0.2, 0.25) is 0 Å². The van der Waals surface area contributed by atoms with Crippen molar-refractivity contribution in [1.82, 2.24) is 0 Å². The van der Waals surface area contributed by atoms with E-state index < -0.39 is 0 Å². The average molecular weight is 265 g/mol. The summed E-state index contributed by atoms with van der Waals surface area (Å²) < 4.78 is 0.973. The molecule has 0 aromatic heterocycles. The third-order valence-electron chi connectivity index (χ3n) is 2.83. The molecule has 0 unspecified atom stereocenters. The van der Waals surface area contributed by atoms with E-state index in [1.165, 1.54) is 12.8 Å². The molecule has 1 aromatic carbocycles. The van der Waals surface area contributed by atoms with E-state index in [1.807, 2.05) is 18.2 Å². The summed E-state index contributed by atoms with van der Waals surface area (Å²) in [7, 11) is 0. The van der Waals surface area contributed by atoms with E-state index in [2.05, 4.69) is 34.2 Å². The first-order valence-electron chi connectivity index (χ1n) is 5.15. The molecule has 1 aliphatic rings. The Hall–Kier alpha value is -1.01. The zero-order valence-corrected chi connectivity index (χ0v) is 10.2. The summed E-state index contributed by atoms with van der Waals surface area (Å²) >= 11 is 3.47. The smallest absolute Gasteiger partial charge is 0.0992 e. The first-order chi connectivity index (χ1) is 7.19. The number of benzene rings is 1. The van der Waals surface area contributed by atoms with Gasteiger partial charge >= 0.3 is 0 Å². The van der Waals surface area contributed by atoms with Gasteiger partial charge in [0.05, 0.1) is 11.6 Å². The Morgan fingerprint density at radius 1 is 1.47 bits per heavy atom. The number of halogens is 1. The first-order valence-corrected chi connectivity index (χ1v) is 5.94. The standard InChI is InChI=1S/C12H13BrN2/c1-8-4-10(5-8)15-12-3-2-9(7-14)6-11(12)13/h2-3,6,8,10,15H,4-5H2,1H3. The van der Waals surface area contributed by atoms with Crippen molar-refractivity contribution < 1.29 is 0 Å². The number of rotatable bonds is 2. The van der Waals surface area contributed by atoms with Gasteiger partial charge < -0.3 is 5.32 Å². The molecule has 78 valence electrons. The minimum atomic E-state index is 0.601. The average Bonchev–Trinajstić information content (AvgIpc) is 2.18. The third kappa shape index (κ3) is 2.32. The Labute approximate surface area is 98.4 Å². The van der Waals surface area contributed by atoms with Crippen LogP contribution in [-0.4, -0.2) is 6.04 Å². The molecule has 0 aliphatic heterocycles. The summed E-state index contributed by atoms with van der Waals surface area (Å²) in [6.07, 6.45) is 2.49. The molecule has 0 radical (unpaired) electrons. The fourth-order valence-corrected chi connectivity index (χ4v) is 2.44. The van der Waals surface area contributed by atoms with Gasteiger partial charge in [-0.05, 0) is 52.9 Å². The van der Waals surface area contributed by atoms with Crippen LogP contribution in [0.25, 0.3) is 0 Å².